The molecule has 100 valence electrons. The molecule has 0 spiro atoms. The molecular weight excluding hydrogens is 236 g/mol. The Bertz CT molecular complexity index is 434. The molecule has 1 aliphatic heterocycles. The Morgan fingerprint density at radius 1 is 1.33 bits per heavy atom. The fourth-order valence-electron chi connectivity index (χ4n) is 2.77. The minimum absolute atomic E-state index is 0.252. The van der Waals surface area contributed by atoms with Crippen molar-refractivity contribution in [3.05, 3.63) is 29.8 Å². The summed E-state index contributed by atoms with van der Waals surface area (Å²) in [6.45, 7) is 6.03. The van der Waals surface area contributed by atoms with Crippen LogP contribution in [0.1, 0.15) is 32.8 Å². The summed E-state index contributed by atoms with van der Waals surface area (Å²) >= 11 is 0. The molecule has 2 nitrogen and oxygen atoms in total. The van der Waals surface area contributed by atoms with Crippen molar-refractivity contribution in [1.82, 2.24) is 5.32 Å². The lowest BCUT2D eigenvalue weighted by Crippen LogP contribution is -2.56. The zero-order valence-electron chi connectivity index (χ0n) is 11.0. The van der Waals surface area contributed by atoms with Crippen LogP contribution in [0.5, 0.6) is 5.75 Å². The van der Waals surface area contributed by atoms with Crippen molar-refractivity contribution in [2.75, 3.05) is 6.54 Å². The molecule has 1 aromatic carbocycles. The largest absolute Gasteiger partial charge is 0.487 e. The molecule has 0 bridgehead atoms. The van der Waals surface area contributed by atoms with Gasteiger partial charge in [-0.2, -0.15) is 0 Å². The van der Waals surface area contributed by atoms with Crippen molar-refractivity contribution < 1.29 is 13.5 Å². The van der Waals surface area contributed by atoms with Crippen LogP contribution in [0.15, 0.2) is 24.3 Å². The molecule has 1 N–H and O–H groups in total. The van der Waals surface area contributed by atoms with E-state index in [4.69, 9.17) is 4.74 Å². The highest BCUT2D eigenvalue weighted by Gasteiger charge is 2.50. The lowest BCUT2D eigenvalue weighted by atomic mass is 9.77. The summed E-state index contributed by atoms with van der Waals surface area (Å²) in [5.41, 5.74) is -1.36. The van der Waals surface area contributed by atoms with Gasteiger partial charge in [-0.05, 0) is 26.5 Å². The maximum atomic E-state index is 13.7. The summed E-state index contributed by atoms with van der Waals surface area (Å²) in [5, 5.41) is 2.98. The van der Waals surface area contributed by atoms with Crippen LogP contribution in [-0.2, 0) is 5.54 Å². The fourth-order valence-corrected chi connectivity index (χ4v) is 2.77. The predicted molar refractivity (Wildman–Crippen MR) is 67.1 cm³/mol. The van der Waals surface area contributed by atoms with Crippen molar-refractivity contribution in [3.63, 3.8) is 0 Å². The molecule has 0 amide bonds. The molecule has 0 saturated heterocycles. The topological polar surface area (TPSA) is 21.3 Å². The Labute approximate surface area is 106 Å². The molecule has 2 rings (SSSR count). The van der Waals surface area contributed by atoms with Gasteiger partial charge in [0.15, 0.2) is 0 Å². The Balaban J connectivity index is 2.57. The van der Waals surface area contributed by atoms with Gasteiger partial charge in [0.05, 0.1) is 0 Å². The lowest BCUT2D eigenvalue weighted by Gasteiger charge is -2.46. The molecule has 1 atom stereocenters. The van der Waals surface area contributed by atoms with Gasteiger partial charge in [0.1, 0.15) is 16.9 Å². The van der Waals surface area contributed by atoms with E-state index < -0.39 is 17.6 Å². The van der Waals surface area contributed by atoms with Crippen molar-refractivity contribution in [1.29, 1.82) is 0 Å². The van der Waals surface area contributed by atoms with E-state index >= 15 is 0 Å². The van der Waals surface area contributed by atoms with Crippen molar-refractivity contribution in [2.24, 2.45) is 0 Å². The molecule has 1 unspecified atom stereocenters. The Hall–Kier alpha value is -1.16. The van der Waals surface area contributed by atoms with Crippen LogP contribution in [0.4, 0.5) is 8.78 Å². The molecular formula is C14H19F2NO. The Kier molecular flexibility index (Phi) is 3.32. The van der Waals surface area contributed by atoms with Gasteiger partial charge in [0, 0.05) is 12.0 Å². The number of alkyl halides is 2. The van der Waals surface area contributed by atoms with Gasteiger partial charge in [0.25, 0.3) is 6.43 Å². The summed E-state index contributed by atoms with van der Waals surface area (Å²) < 4.78 is 33.1. The number of para-hydroxylation sites is 1. The molecule has 1 heterocycles. The predicted octanol–water partition coefficient (Wildman–Crippen LogP) is 3.32. The second-order valence-electron chi connectivity index (χ2n) is 5.34. The second-order valence-corrected chi connectivity index (χ2v) is 5.34. The second kappa shape index (κ2) is 4.50. The number of nitrogens with one attached hydrogen (secondary N) is 1. The van der Waals surface area contributed by atoms with Crippen molar-refractivity contribution in [2.45, 2.75) is 44.8 Å². The van der Waals surface area contributed by atoms with Crippen LogP contribution in [0.25, 0.3) is 0 Å². The first-order valence-corrected chi connectivity index (χ1v) is 6.23. The number of ether oxygens (including phenoxy) is 1. The number of halogens is 2. The molecule has 1 aliphatic rings. The number of hydrogen-bond donors (Lipinski definition) is 1. The van der Waals surface area contributed by atoms with Gasteiger partial charge in [-0.25, -0.2) is 8.78 Å². The first kappa shape index (κ1) is 13.3. The maximum absolute atomic E-state index is 13.7. The van der Waals surface area contributed by atoms with E-state index in [2.05, 4.69) is 5.32 Å². The maximum Gasteiger partial charge on any atom is 0.260 e. The number of fused-ring (bicyclic) bond motifs is 1. The van der Waals surface area contributed by atoms with Crippen LogP contribution in [0.3, 0.4) is 0 Å². The highest BCUT2D eigenvalue weighted by atomic mass is 19.3. The summed E-state index contributed by atoms with van der Waals surface area (Å²) in [4.78, 5) is 0. The van der Waals surface area contributed by atoms with Crippen LogP contribution in [-0.4, -0.2) is 18.6 Å². The van der Waals surface area contributed by atoms with Gasteiger partial charge in [0.2, 0.25) is 0 Å². The molecule has 0 aliphatic carbocycles. The highest BCUT2D eigenvalue weighted by Crippen LogP contribution is 2.46. The van der Waals surface area contributed by atoms with Gasteiger partial charge in [-0.3, -0.25) is 0 Å². The fraction of sp³-hybridized carbons (Fsp3) is 0.571. The van der Waals surface area contributed by atoms with E-state index in [1.807, 2.05) is 26.8 Å². The minimum atomic E-state index is -2.47. The molecule has 1 aromatic rings. The quantitative estimate of drug-likeness (QED) is 0.894. The van der Waals surface area contributed by atoms with Crippen LogP contribution in [0, 0.1) is 0 Å². The average Bonchev–Trinajstić information content (AvgIpc) is 2.27. The summed E-state index contributed by atoms with van der Waals surface area (Å²) in [6.07, 6.45) is -2.22. The van der Waals surface area contributed by atoms with Crippen molar-refractivity contribution in [3.8, 4) is 5.75 Å². The normalized spacial score (nSPS) is 25.7. The van der Waals surface area contributed by atoms with E-state index in [0.29, 0.717) is 17.9 Å². The molecule has 0 radical (unpaired) electrons. The third kappa shape index (κ3) is 2.09. The van der Waals surface area contributed by atoms with Gasteiger partial charge in [-0.1, -0.05) is 25.1 Å². The third-order valence-corrected chi connectivity index (χ3v) is 3.32. The number of hydrogen-bond acceptors (Lipinski definition) is 2. The zero-order valence-corrected chi connectivity index (χ0v) is 11.0. The first-order valence-electron chi connectivity index (χ1n) is 6.23. The van der Waals surface area contributed by atoms with E-state index in [1.165, 1.54) is 0 Å². The van der Waals surface area contributed by atoms with Gasteiger partial charge in [-0.15, -0.1) is 0 Å². The Morgan fingerprint density at radius 3 is 2.61 bits per heavy atom. The zero-order chi connectivity index (χ0) is 13.4. The third-order valence-electron chi connectivity index (χ3n) is 3.32. The SMILES string of the molecule is CCNC1(C(F)F)CC(C)(C)Oc2ccccc21. The van der Waals surface area contributed by atoms with E-state index in [-0.39, 0.29) is 6.42 Å². The van der Waals surface area contributed by atoms with E-state index in [1.54, 1.807) is 18.2 Å². The summed E-state index contributed by atoms with van der Waals surface area (Å²) in [5.74, 6) is 0.551. The van der Waals surface area contributed by atoms with E-state index in [9.17, 15) is 8.78 Å². The summed E-state index contributed by atoms with van der Waals surface area (Å²) in [6, 6.07) is 7.06. The van der Waals surface area contributed by atoms with E-state index in [0.717, 1.165) is 0 Å². The monoisotopic (exact) mass is 255 g/mol. The van der Waals surface area contributed by atoms with Gasteiger partial charge < -0.3 is 10.1 Å². The van der Waals surface area contributed by atoms with Gasteiger partial charge >= 0.3 is 0 Å². The first-order chi connectivity index (χ1) is 8.41. The van der Waals surface area contributed by atoms with Crippen LogP contribution < -0.4 is 10.1 Å². The van der Waals surface area contributed by atoms with Crippen LogP contribution in [0.2, 0.25) is 0 Å². The number of benzene rings is 1. The van der Waals surface area contributed by atoms with Crippen molar-refractivity contribution >= 4 is 0 Å². The smallest absolute Gasteiger partial charge is 0.260 e. The average molecular weight is 255 g/mol. The highest BCUT2D eigenvalue weighted by molar-refractivity contribution is 5.42. The number of rotatable bonds is 3. The molecule has 0 fully saturated rings. The minimum Gasteiger partial charge on any atom is -0.487 e. The molecule has 0 saturated carbocycles. The molecule has 18 heavy (non-hydrogen) atoms. The standard InChI is InChI=1S/C14H19F2NO/c1-4-17-14(12(15)16)9-13(2,3)18-11-8-6-5-7-10(11)14/h5-8,12,17H,4,9H2,1-3H3. The molecule has 0 aromatic heterocycles. The Morgan fingerprint density at radius 2 is 2.00 bits per heavy atom. The molecule has 4 heteroatoms. The van der Waals surface area contributed by atoms with Crippen LogP contribution >= 0.6 is 0 Å². The summed E-state index contributed by atoms with van der Waals surface area (Å²) in [7, 11) is 0. The lowest BCUT2D eigenvalue weighted by molar-refractivity contribution is -0.0463.